The summed E-state index contributed by atoms with van der Waals surface area (Å²) >= 11 is 0. The SMILES string of the molecule is CC1=NN(C(=O)c2ccccc2)C2(CCC3CN(CCN(C)C)CC32)C1. The van der Waals surface area contributed by atoms with Crippen LogP contribution in [0.1, 0.15) is 36.5 Å². The van der Waals surface area contributed by atoms with Crippen LogP contribution in [0.25, 0.3) is 0 Å². The molecule has 0 aromatic heterocycles. The first-order valence-corrected chi connectivity index (χ1v) is 9.80. The van der Waals surface area contributed by atoms with Gasteiger partial charge in [0.25, 0.3) is 5.91 Å². The lowest BCUT2D eigenvalue weighted by Crippen LogP contribution is -2.50. The van der Waals surface area contributed by atoms with Crippen LogP contribution >= 0.6 is 0 Å². The molecule has 3 aliphatic rings. The Bertz CT molecular complexity index is 701. The van der Waals surface area contributed by atoms with Gasteiger partial charge in [-0.15, -0.1) is 0 Å². The minimum Gasteiger partial charge on any atom is -0.308 e. The molecule has 1 aromatic carbocycles. The third-order valence-corrected chi connectivity index (χ3v) is 6.49. The minimum absolute atomic E-state index is 0.0647. The highest BCUT2D eigenvalue weighted by Crippen LogP contribution is 2.52. The van der Waals surface area contributed by atoms with Crippen LogP contribution in [-0.4, -0.2) is 72.2 Å². The summed E-state index contributed by atoms with van der Waals surface area (Å²) in [5.41, 5.74) is 1.74. The van der Waals surface area contributed by atoms with Crippen LogP contribution in [-0.2, 0) is 0 Å². The average Bonchev–Trinajstić information content (AvgIpc) is 3.28. The summed E-state index contributed by atoms with van der Waals surface area (Å²) in [6.07, 6.45) is 3.24. The van der Waals surface area contributed by atoms with Gasteiger partial charge in [-0.25, -0.2) is 5.01 Å². The lowest BCUT2D eigenvalue weighted by Gasteiger charge is -2.38. The average molecular weight is 354 g/mol. The molecule has 4 rings (SSSR count). The van der Waals surface area contributed by atoms with Gasteiger partial charge in [-0.2, -0.15) is 5.10 Å². The Labute approximate surface area is 156 Å². The molecule has 2 aliphatic heterocycles. The van der Waals surface area contributed by atoms with Gasteiger partial charge in [-0.1, -0.05) is 18.2 Å². The van der Waals surface area contributed by atoms with Crippen LogP contribution in [0.3, 0.4) is 0 Å². The Hall–Kier alpha value is -1.72. The molecule has 3 unspecified atom stereocenters. The van der Waals surface area contributed by atoms with Crippen LogP contribution in [0.4, 0.5) is 0 Å². The van der Waals surface area contributed by atoms with Crippen molar-refractivity contribution in [3.05, 3.63) is 35.9 Å². The second-order valence-corrected chi connectivity index (χ2v) is 8.57. The zero-order valence-electron chi connectivity index (χ0n) is 16.2. The normalized spacial score (nSPS) is 31.1. The number of carbonyl (C=O) groups is 1. The van der Waals surface area contributed by atoms with Gasteiger partial charge in [0.15, 0.2) is 0 Å². The first-order valence-electron chi connectivity index (χ1n) is 9.80. The maximum Gasteiger partial charge on any atom is 0.274 e. The molecule has 1 saturated carbocycles. The molecule has 26 heavy (non-hydrogen) atoms. The van der Waals surface area contributed by atoms with Crippen molar-refractivity contribution in [2.45, 2.75) is 31.7 Å². The minimum atomic E-state index is -0.103. The van der Waals surface area contributed by atoms with E-state index in [1.165, 1.54) is 13.0 Å². The number of rotatable bonds is 4. The maximum absolute atomic E-state index is 13.2. The predicted octanol–water partition coefficient (Wildman–Crippen LogP) is 2.55. The number of amides is 1. The molecule has 2 heterocycles. The lowest BCUT2D eigenvalue weighted by molar-refractivity contribution is 0.0418. The number of benzene rings is 1. The summed E-state index contributed by atoms with van der Waals surface area (Å²) in [5, 5.41) is 6.61. The van der Waals surface area contributed by atoms with Crippen molar-refractivity contribution in [2.24, 2.45) is 16.9 Å². The van der Waals surface area contributed by atoms with E-state index >= 15 is 0 Å². The third kappa shape index (κ3) is 2.97. The van der Waals surface area contributed by atoms with Crippen molar-refractivity contribution < 1.29 is 4.79 Å². The highest BCUT2D eigenvalue weighted by molar-refractivity contribution is 5.98. The van der Waals surface area contributed by atoms with Crippen LogP contribution < -0.4 is 0 Å². The zero-order chi connectivity index (χ0) is 18.3. The molecule has 2 fully saturated rings. The van der Waals surface area contributed by atoms with Crippen molar-refractivity contribution in [3.63, 3.8) is 0 Å². The Balaban J connectivity index is 1.56. The molecule has 1 aromatic rings. The summed E-state index contributed by atoms with van der Waals surface area (Å²) in [6, 6.07) is 9.63. The summed E-state index contributed by atoms with van der Waals surface area (Å²) in [6.45, 7) is 6.55. The highest BCUT2D eigenvalue weighted by Gasteiger charge is 2.58. The first kappa shape index (κ1) is 17.7. The van der Waals surface area contributed by atoms with E-state index < -0.39 is 0 Å². The molecule has 0 radical (unpaired) electrons. The van der Waals surface area contributed by atoms with Crippen LogP contribution in [0.2, 0.25) is 0 Å². The van der Waals surface area contributed by atoms with Gasteiger partial charge in [0.2, 0.25) is 0 Å². The number of carbonyl (C=O) groups excluding carboxylic acids is 1. The number of likely N-dealkylation sites (tertiary alicyclic amines) is 1. The number of fused-ring (bicyclic) bond motifs is 2. The monoisotopic (exact) mass is 354 g/mol. The fraction of sp³-hybridized carbons (Fsp3) is 0.619. The Kier molecular flexibility index (Phi) is 4.61. The van der Waals surface area contributed by atoms with Crippen LogP contribution in [0.15, 0.2) is 35.4 Å². The van der Waals surface area contributed by atoms with Crippen molar-refractivity contribution >= 4 is 11.6 Å². The van der Waals surface area contributed by atoms with E-state index in [4.69, 9.17) is 5.10 Å². The summed E-state index contributed by atoms with van der Waals surface area (Å²) in [4.78, 5) is 18.1. The fourth-order valence-corrected chi connectivity index (χ4v) is 5.26. The highest BCUT2D eigenvalue weighted by atomic mass is 16.2. The van der Waals surface area contributed by atoms with Gasteiger partial charge in [0.1, 0.15) is 0 Å². The number of nitrogens with zero attached hydrogens (tertiary/aromatic N) is 4. The Morgan fingerprint density at radius 3 is 2.77 bits per heavy atom. The van der Waals surface area contributed by atoms with E-state index in [0.717, 1.165) is 43.8 Å². The van der Waals surface area contributed by atoms with E-state index in [2.05, 4.69) is 30.8 Å². The molecule has 1 saturated heterocycles. The van der Waals surface area contributed by atoms with Gasteiger partial charge >= 0.3 is 0 Å². The number of likely N-dealkylation sites (N-methyl/N-ethyl adjacent to an activating group) is 1. The van der Waals surface area contributed by atoms with E-state index in [9.17, 15) is 4.79 Å². The van der Waals surface area contributed by atoms with Gasteiger partial charge in [-0.3, -0.25) is 4.79 Å². The van der Waals surface area contributed by atoms with Gasteiger partial charge in [0, 0.05) is 49.8 Å². The largest absolute Gasteiger partial charge is 0.308 e. The van der Waals surface area contributed by atoms with Crippen molar-refractivity contribution in [1.82, 2.24) is 14.8 Å². The van der Waals surface area contributed by atoms with Crippen molar-refractivity contribution in [2.75, 3.05) is 40.3 Å². The van der Waals surface area contributed by atoms with Gasteiger partial charge in [0.05, 0.1) is 5.54 Å². The topological polar surface area (TPSA) is 39.2 Å². The summed E-state index contributed by atoms with van der Waals surface area (Å²) in [5.74, 6) is 1.30. The molecule has 0 bridgehead atoms. The second-order valence-electron chi connectivity index (χ2n) is 8.57. The molecule has 1 spiro atoms. The van der Waals surface area contributed by atoms with Gasteiger partial charge < -0.3 is 9.80 Å². The molecular formula is C21H30N4O. The first-order chi connectivity index (χ1) is 12.5. The molecular weight excluding hydrogens is 324 g/mol. The van der Waals surface area contributed by atoms with E-state index in [0.29, 0.717) is 11.8 Å². The van der Waals surface area contributed by atoms with Crippen LogP contribution in [0.5, 0.6) is 0 Å². The quantitative estimate of drug-likeness (QED) is 0.834. The van der Waals surface area contributed by atoms with E-state index in [1.54, 1.807) is 0 Å². The number of hydrogen-bond acceptors (Lipinski definition) is 4. The van der Waals surface area contributed by atoms with E-state index in [-0.39, 0.29) is 11.4 Å². The fourth-order valence-electron chi connectivity index (χ4n) is 5.26. The zero-order valence-corrected chi connectivity index (χ0v) is 16.2. The number of hydrazone groups is 1. The maximum atomic E-state index is 13.2. The lowest BCUT2D eigenvalue weighted by atomic mass is 9.81. The Morgan fingerprint density at radius 2 is 2.04 bits per heavy atom. The Morgan fingerprint density at radius 1 is 1.27 bits per heavy atom. The molecule has 5 heteroatoms. The standard InChI is InChI=1S/C21H30N4O/c1-16-13-21(25(22-16)20(26)17-7-5-4-6-8-17)10-9-18-14-24(15-19(18)21)12-11-23(2)3/h4-8,18-19H,9-15H2,1-3H3. The third-order valence-electron chi connectivity index (χ3n) is 6.49. The van der Waals surface area contributed by atoms with Crippen molar-refractivity contribution in [1.29, 1.82) is 0 Å². The molecule has 3 atom stereocenters. The second kappa shape index (κ2) is 6.78. The van der Waals surface area contributed by atoms with E-state index in [1.807, 2.05) is 35.3 Å². The van der Waals surface area contributed by atoms with Gasteiger partial charge in [-0.05, 0) is 51.9 Å². The van der Waals surface area contributed by atoms with Crippen LogP contribution in [0, 0.1) is 11.8 Å². The molecule has 140 valence electrons. The molecule has 1 aliphatic carbocycles. The summed E-state index contributed by atoms with van der Waals surface area (Å²) in [7, 11) is 4.26. The molecule has 5 nitrogen and oxygen atoms in total. The predicted molar refractivity (Wildman–Crippen MR) is 104 cm³/mol. The molecule has 1 amide bonds. The molecule has 0 N–H and O–H groups in total. The van der Waals surface area contributed by atoms with Crippen molar-refractivity contribution in [3.8, 4) is 0 Å². The number of hydrogen-bond donors (Lipinski definition) is 0. The smallest absolute Gasteiger partial charge is 0.274 e. The summed E-state index contributed by atoms with van der Waals surface area (Å²) < 4.78 is 0.